The number of hydrogen-bond donors (Lipinski definition) is 0. The van der Waals surface area contributed by atoms with Gasteiger partial charge in [-0.1, -0.05) is 12.1 Å². The molecule has 30 heavy (non-hydrogen) atoms. The maximum absolute atomic E-state index is 12.2. The Bertz CT molecular complexity index is 988. The van der Waals surface area contributed by atoms with Crippen molar-refractivity contribution in [2.75, 3.05) is 39.3 Å². The van der Waals surface area contributed by atoms with Gasteiger partial charge >= 0.3 is 0 Å². The van der Waals surface area contributed by atoms with E-state index in [0.717, 1.165) is 52.4 Å². The van der Waals surface area contributed by atoms with E-state index in [1.807, 2.05) is 21.3 Å². The molecule has 2 fully saturated rings. The Kier molecular flexibility index (Phi) is 4.46. The Morgan fingerprint density at radius 1 is 0.633 bits per heavy atom. The van der Waals surface area contributed by atoms with Crippen LogP contribution in [0.1, 0.15) is 36.1 Å². The zero-order chi connectivity index (χ0) is 20.2. The van der Waals surface area contributed by atoms with Crippen molar-refractivity contribution in [3.8, 4) is 0 Å². The van der Waals surface area contributed by atoms with Gasteiger partial charge in [0, 0.05) is 87.7 Å². The third-order valence-electron chi connectivity index (χ3n) is 7.84. The zero-order valence-electron chi connectivity index (χ0n) is 17.4. The van der Waals surface area contributed by atoms with Crippen molar-refractivity contribution in [1.82, 2.24) is 18.9 Å². The summed E-state index contributed by atoms with van der Waals surface area (Å²) in [4.78, 5) is 29.7. The van der Waals surface area contributed by atoms with Crippen LogP contribution in [0.15, 0.2) is 46.0 Å². The molecule has 4 aliphatic rings. The minimum absolute atomic E-state index is 0.162. The third kappa shape index (κ3) is 3.17. The average Bonchev–Trinajstić information content (AvgIpc) is 2.74. The van der Waals surface area contributed by atoms with E-state index in [0.29, 0.717) is 23.7 Å². The molecule has 0 amide bonds. The lowest BCUT2D eigenvalue weighted by Crippen LogP contribution is -2.51. The first-order valence-corrected chi connectivity index (χ1v) is 11.5. The predicted octanol–water partition coefficient (Wildman–Crippen LogP) is 1.55. The van der Waals surface area contributed by atoms with Crippen LogP contribution in [0.3, 0.4) is 0 Å². The average molecular weight is 407 g/mol. The summed E-state index contributed by atoms with van der Waals surface area (Å²) in [5.41, 5.74) is 2.79. The highest BCUT2D eigenvalue weighted by molar-refractivity contribution is 5.18. The molecule has 0 N–H and O–H groups in total. The summed E-state index contributed by atoms with van der Waals surface area (Å²) >= 11 is 0. The second-order valence-electron chi connectivity index (χ2n) is 9.92. The molecule has 0 saturated carbocycles. The SMILES string of the molecule is O=c1cccc2n1C[C@@H]1C[C@@H]2CN(CCN2C[C@H]3C[C@@H](C2)c2cccc(=O)n2C3)C1. The minimum atomic E-state index is 0.162. The number of aromatic nitrogens is 2. The normalized spacial score (nSPS) is 30.5. The number of hydrogen-bond acceptors (Lipinski definition) is 4. The standard InChI is InChI=1S/C24H30N4O2/c29-23-5-1-3-21-19-9-17(13-27(21)23)11-25(15-19)7-8-26-12-18-10-20(16-26)22-4-2-6-24(30)28(22)14-18/h1-6,17-20H,7-16H2/t17-,18-,19-,20+/m1/s1. The van der Waals surface area contributed by atoms with Gasteiger partial charge in [-0.3, -0.25) is 9.59 Å². The van der Waals surface area contributed by atoms with Crippen molar-refractivity contribution < 1.29 is 0 Å². The van der Waals surface area contributed by atoms with Gasteiger partial charge in [0.05, 0.1) is 0 Å². The van der Waals surface area contributed by atoms with Crippen LogP contribution in [-0.4, -0.2) is 58.2 Å². The zero-order valence-corrected chi connectivity index (χ0v) is 17.4. The van der Waals surface area contributed by atoms with Crippen molar-refractivity contribution in [3.63, 3.8) is 0 Å². The largest absolute Gasteiger partial charge is 0.312 e. The van der Waals surface area contributed by atoms with Crippen LogP contribution in [0.2, 0.25) is 0 Å². The van der Waals surface area contributed by atoms with E-state index >= 15 is 0 Å². The van der Waals surface area contributed by atoms with Gasteiger partial charge in [0.1, 0.15) is 0 Å². The van der Waals surface area contributed by atoms with Gasteiger partial charge in [-0.2, -0.15) is 0 Å². The number of piperidine rings is 2. The number of rotatable bonds is 3. The first-order chi connectivity index (χ1) is 14.6. The monoisotopic (exact) mass is 406 g/mol. The van der Waals surface area contributed by atoms with Crippen molar-refractivity contribution in [2.45, 2.75) is 37.8 Å². The van der Waals surface area contributed by atoms with E-state index < -0.39 is 0 Å². The maximum atomic E-state index is 12.2. The van der Waals surface area contributed by atoms with Gasteiger partial charge in [0.25, 0.3) is 11.1 Å². The van der Waals surface area contributed by atoms with Gasteiger partial charge in [0.2, 0.25) is 0 Å². The molecular weight excluding hydrogens is 376 g/mol. The predicted molar refractivity (Wildman–Crippen MR) is 116 cm³/mol. The summed E-state index contributed by atoms with van der Waals surface area (Å²) in [7, 11) is 0. The number of fused-ring (bicyclic) bond motifs is 8. The highest BCUT2D eigenvalue weighted by atomic mass is 16.1. The lowest BCUT2D eigenvalue weighted by atomic mass is 9.82. The van der Waals surface area contributed by atoms with Crippen molar-refractivity contribution in [3.05, 3.63) is 68.5 Å². The van der Waals surface area contributed by atoms with Crippen molar-refractivity contribution >= 4 is 0 Å². The maximum Gasteiger partial charge on any atom is 0.250 e. The van der Waals surface area contributed by atoms with E-state index in [4.69, 9.17) is 0 Å². The molecule has 0 aromatic carbocycles. The van der Waals surface area contributed by atoms with Crippen LogP contribution in [-0.2, 0) is 13.1 Å². The summed E-state index contributed by atoms with van der Waals surface area (Å²) in [6.07, 6.45) is 2.44. The summed E-state index contributed by atoms with van der Waals surface area (Å²) in [6, 6.07) is 11.5. The summed E-state index contributed by atoms with van der Waals surface area (Å²) in [5, 5.41) is 0. The Labute approximate surface area is 176 Å². The van der Waals surface area contributed by atoms with Crippen LogP contribution in [0.25, 0.3) is 0 Å². The van der Waals surface area contributed by atoms with Crippen LogP contribution < -0.4 is 11.1 Å². The fraction of sp³-hybridized carbons (Fsp3) is 0.583. The van der Waals surface area contributed by atoms with Gasteiger partial charge in [-0.15, -0.1) is 0 Å². The van der Waals surface area contributed by atoms with Gasteiger partial charge in [-0.05, 0) is 36.8 Å². The van der Waals surface area contributed by atoms with Crippen LogP contribution in [0.5, 0.6) is 0 Å². The third-order valence-corrected chi connectivity index (χ3v) is 7.84. The first-order valence-electron chi connectivity index (χ1n) is 11.5. The summed E-state index contributed by atoms with van der Waals surface area (Å²) < 4.78 is 4.03. The first kappa shape index (κ1) is 18.6. The molecule has 4 aliphatic heterocycles. The van der Waals surface area contributed by atoms with Gasteiger partial charge < -0.3 is 18.9 Å². The molecule has 0 spiro atoms. The number of likely N-dealkylation sites (tertiary alicyclic amines) is 2. The van der Waals surface area contributed by atoms with Gasteiger partial charge in [-0.25, -0.2) is 0 Å². The molecule has 2 aromatic heterocycles. The van der Waals surface area contributed by atoms with E-state index in [1.165, 1.54) is 24.2 Å². The molecule has 0 unspecified atom stereocenters. The molecule has 6 rings (SSSR count). The fourth-order valence-electron chi connectivity index (χ4n) is 6.64. The molecule has 6 heteroatoms. The lowest BCUT2D eigenvalue weighted by Gasteiger charge is -2.45. The lowest BCUT2D eigenvalue weighted by molar-refractivity contribution is 0.0793. The quantitative estimate of drug-likeness (QED) is 0.776. The second kappa shape index (κ2) is 7.20. The smallest absolute Gasteiger partial charge is 0.250 e. The molecule has 6 heterocycles. The molecule has 2 saturated heterocycles. The summed E-state index contributed by atoms with van der Waals surface area (Å²) in [6.45, 7) is 8.31. The molecule has 0 aliphatic carbocycles. The highest BCUT2D eigenvalue weighted by Gasteiger charge is 2.36. The molecule has 0 radical (unpaired) electrons. The molecule has 6 nitrogen and oxygen atoms in total. The summed E-state index contributed by atoms with van der Waals surface area (Å²) in [5.74, 6) is 2.17. The molecule has 158 valence electrons. The Morgan fingerprint density at radius 3 is 1.57 bits per heavy atom. The minimum Gasteiger partial charge on any atom is -0.312 e. The van der Waals surface area contributed by atoms with Crippen LogP contribution in [0.4, 0.5) is 0 Å². The van der Waals surface area contributed by atoms with Crippen LogP contribution in [0, 0.1) is 11.8 Å². The Balaban J connectivity index is 1.12. The molecule has 2 aromatic rings. The fourth-order valence-corrected chi connectivity index (χ4v) is 6.64. The van der Waals surface area contributed by atoms with E-state index in [1.54, 1.807) is 12.1 Å². The molecular formula is C24H30N4O2. The highest BCUT2D eigenvalue weighted by Crippen LogP contribution is 2.36. The van der Waals surface area contributed by atoms with E-state index in [9.17, 15) is 9.59 Å². The number of nitrogens with zero attached hydrogens (tertiary/aromatic N) is 4. The Hall–Kier alpha value is -2.18. The Morgan fingerprint density at radius 2 is 1.10 bits per heavy atom. The van der Waals surface area contributed by atoms with Crippen molar-refractivity contribution in [1.29, 1.82) is 0 Å². The van der Waals surface area contributed by atoms with Crippen LogP contribution >= 0.6 is 0 Å². The molecule has 4 atom stereocenters. The van der Waals surface area contributed by atoms with E-state index in [2.05, 4.69) is 21.9 Å². The molecule has 4 bridgehead atoms. The second-order valence-corrected chi connectivity index (χ2v) is 9.92. The topological polar surface area (TPSA) is 50.5 Å². The van der Waals surface area contributed by atoms with Crippen molar-refractivity contribution in [2.24, 2.45) is 11.8 Å². The van der Waals surface area contributed by atoms with Gasteiger partial charge in [0.15, 0.2) is 0 Å². The number of pyridine rings is 2. The van der Waals surface area contributed by atoms with E-state index in [-0.39, 0.29) is 11.1 Å².